The van der Waals surface area contributed by atoms with Gasteiger partial charge >= 0.3 is 0 Å². The van der Waals surface area contributed by atoms with Gasteiger partial charge in [-0.2, -0.15) is 0 Å². The van der Waals surface area contributed by atoms with Crippen LogP contribution in [0.15, 0.2) is 18.2 Å². The summed E-state index contributed by atoms with van der Waals surface area (Å²) in [6.45, 7) is 4.55. The minimum absolute atomic E-state index is 0. The molecule has 4 nitrogen and oxygen atoms in total. The molecule has 0 spiro atoms. The number of carbonyl (C=O) groups excluding carboxylic acids is 1. The number of piperidine rings is 1. The van der Waals surface area contributed by atoms with Crippen LogP contribution in [0.3, 0.4) is 0 Å². The number of rotatable bonds is 4. The van der Waals surface area contributed by atoms with Crippen LogP contribution in [0.4, 0.5) is 5.69 Å². The first-order valence-corrected chi connectivity index (χ1v) is 8.35. The van der Waals surface area contributed by atoms with Gasteiger partial charge in [0.2, 0.25) is 5.91 Å². The van der Waals surface area contributed by atoms with Crippen LogP contribution in [-0.4, -0.2) is 42.5 Å². The molecule has 3 rings (SSSR count). The Bertz CT molecular complexity index is 531. The zero-order valence-electron chi connectivity index (χ0n) is 14.3. The smallest absolute Gasteiger partial charge is 0.238 e. The number of para-hydroxylation sites is 1. The van der Waals surface area contributed by atoms with Crippen molar-refractivity contribution in [2.45, 2.75) is 57.7 Å². The van der Waals surface area contributed by atoms with E-state index < -0.39 is 0 Å². The van der Waals surface area contributed by atoms with Gasteiger partial charge < -0.3 is 10.6 Å². The summed E-state index contributed by atoms with van der Waals surface area (Å²) in [5, 5.41) is 6.75. The summed E-state index contributed by atoms with van der Waals surface area (Å²) in [5.41, 5.74) is 3.21. The molecule has 2 atom stereocenters. The molecule has 0 saturated carbocycles. The molecule has 2 aliphatic rings. The average Bonchev–Trinajstić information content (AvgIpc) is 2.81. The standard InChI is InChI=1S/C18H27N3O.ClH/c1-12-5-4-6-13(2)18(12)20-17(22)11-21(3)16-9-14-7-8-15(10-16)19-14;/h4-6,14-16,19H,7-11H2,1-3H3,(H,20,22);1H. The number of fused-ring (bicyclic) bond motifs is 2. The maximum Gasteiger partial charge on any atom is 0.238 e. The molecule has 0 radical (unpaired) electrons. The first-order chi connectivity index (χ1) is 10.5. The van der Waals surface area contributed by atoms with Gasteiger partial charge in [0.1, 0.15) is 0 Å². The van der Waals surface area contributed by atoms with Crippen LogP contribution in [0, 0.1) is 13.8 Å². The van der Waals surface area contributed by atoms with Gasteiger partial charge in [0.15, 0.2) is 0 Å². The number of nitrogens with one attached hydrogen (secondary N) is 2. The Labute approximate surface area is 145 Å². The predicted molar refractivity (Wildman–Crippen MR) is 97.4 cm³/mol. The molecule has 2 fully saturated rings. The lowest BCUT2D eigenvalue weighted by atomic mass is 9.98. The number of anilines is 1. The van der Waals surface area contributed by atoms with Crippen LogP contribution in [0.2, 0.25) is 0 Å². The molecule has 2 saturated heterocycles. The van der Waals surface area contributed by atoms with Crippen LogP contribution in [0.5, 0.6) is 0 Å². The van der Waals surface area contributed by atoms with E-state index in [1.54, 1.807) is 0 Å². The van der Waals surface area contributed by atoms with E-state index >= 15 is 0 Å². The summed E-state index contributed by atoms with van der Waals surface area (Å²) in [4.78, 5) is 14.6. The summed E-state index contributed by atoms with van der Waals surface area (Å²) < 4.78 is 0. The van der Waals surface area contributed by atoms with E-state index in [0.717, 1.165) is 16.8 Å². The summed E-state index contributed by atoms with van der Waals surface area (Å²) in [6, 6.07) is 7.95. The highest BCUT2D eigenvalue weighted by Crippen LogP contribution is 2.29. The SMILES string of the molecule is Cc1cccc(C)c1NC(=O)CN(C)C1CC2CCC(C1)N2.Cl. The minimum atomic E-state index is 0. The monoisotopic (exact) mass is 337 g/mol. The number of hydrogen-bond donors (Lipinski definition) is 2. The van der Waals surface area contributed by atoms with Crippen molar-refractivity contribution in [2.24, 2.45) is 0 Å². The zero-order chi connectivity index (χ0) is 15.7. The molecule has 0 aromatic heterocycles. The Morgan fingerprint density at radius 1 is 1.22 bits per heavy atom. The zero-order valence-corrected chi connectivity index (χ0v) is 15.1. The van der Waals surface area contributed by atoms with E-state index in [0.29, 0.717) is 24.7 Å². The van der Waals surface area contributed by atoms with Gasteiger partial charge in [-0.05, 0) is 57.7 Å². The largest absolute Gasteiger partial charge is 0.324 e. The van der Waals surface area contributed by atoms with E-state index in [9.17, 15) is 4.79 Å². The number of halogens is 1. The maximum atomic E-state index is 12.4. The van der Waals surface area contributed by atoms with Crippen molar-refractivity contribution in [3.8, 4) is 0 Å². The number of nitrogens with zero attached hydrogens (tertiary/aromatic N) is 1. The van der Waals surface area contributed by atoms with Gasteiger partial charge in [-0.1, -0.05) is 18.2 Å². The molecule has 23 heavy (non-hydrogen) atoms. The summed E-state index contributed by atoms with van der Waals surface area (Å²) in [7, 11) is 2.08. The van der Waals surface area contributed by atoms with Crippen LogP contribution < -0.4 is 10.6 Å². The highest BCUT2D eigenvalue weighted by atomic mass is 35.5. The Morgan fingerprint density at radius 2 is 1.78 bits per heavy atom. The molecule has 2 N–H and O–H groups in total. The Kier molecular flexibility index (Phi) is 6.06. The Balaban J connectivity index is 0.00000192. The number of amides is 1. The molecule has 2 heterocycles. The molecular formula is C18H28ClN3O. The van der Waals surface area contributed by atoms with Crippen molar-refractivity contribution in [1.82, 2.24) is 10.2 Å². The van der Waals surface area contributed by atoms with Gasteiger partial charge in [0.05, 0.1) is 6.54 Å². The Hall–Kier alpha value is -1.10. The third-order valence-electron chi connectivity index (χ3n) is 5.21. The molecule has 0 aliphatic carbocycles. The second kappa shape index (κ2) is 7.65. The lowest BCUT2D eigenvalue weighted by Gasteiger charge is -2.35. The molecule has 1 aromatic rings. The Morgan fingerprint density at radius 3 is 2.35 bits per heavy atom. The fourth-order valence-electron chi connectivity index (χ4n) is 3.93. The minimum Gasteiger partial charge on any atom is -0.324 e. The highest BCUT2D eigenvalue weighted by Gasteiger charge is 2.35. The number of hydrogen-bond acceptors (Lipinski definition) is 3. The summed E-state index contributed by atoms with van der Waals surface area (Å²) in [5.74, 6) is 0.0887. The number of carbonyl (C=O) groups is 1. The molecule has 128 valence electrons. The van der Waals surface area contributed by atoms with Crippen LogP contribution in [0.25, 0.3) is 0 Å². The summed E-state index contributed by atoms with van der Waals surface area (Å²) in [6.07, 6.45) is 4.93. The molecule has 1 amide bonds. The molecular weight excluding hydrogens is 310 g/mol. The predicted octanol–water partition coefficient (Wildman–Crippen LogP) is 2.88. The second-order valence-electron chi connectivity index (χ2n) is 6.99. The second-order valence-corrected chi connectivity index (χ2v) is 6.99. The average molecular weight is 338 g/mol. The van der Waals surface area contributed by atoms with Crippen LogP contribution in [0.1, 0.15) is 36.8 Å². The normalized spacial score (nSPS) is 26.0. The van der Waals surface area contributed by atoms with E-state index in [2.05, 4.69) is 22.6 Å². The first-order valence-electron chi connectivity index (χ1n) is 8.35. The van der Waals surface area contributed by atoms with Crippen LogP contribution in [-0.2, 0) is 4.79 Å². The summed E-state index contributed by atoms with van der Waals surface area (Å²) >= 11 is 0. The van der Waals surface area contributed by atoms with Gasteiger partial charge in [-0.3, -0.25) is 9.69 Å². The molecule has 2 aliphatic heterocycles. The van der Waals surface area contributed by atoms with E-state index in [1.165, 1.54) is 25.7 Å². The number of aryl methyl sites for hydroxylation is 2. The van der Waals surface area contributed by atoms with Crippen molar-refractivity contribution in [2.75, 3.05) is 18.9 Å². The van der Waals surface area contributed by atoms with Crippen molar-refractivity contribution in [3.63, 3.8) is 0 Å². The molecule has 5 heteroatoms. The first kappa shape index (κ1) is 18.2. The van der Waals surface area contributed by atoms with Crippen molar-refractivity contribution in [1.29, 1.82) is 0 Å². The van der Waals surface area contributed by atoms with Gasteiger partial charge in [-0.15, -0.1) is 12.4 Å². The van der Waals surface area contributed by atoms with Crippen molar-refractivity contribution in [3.05, 3.63) is 29.3 Å². The van der Waals surface area contributed by atoms with Crippen LogP contribution >= 0.6 is 12.4 Å². The molecule has 2 bridgehead atoms. The van der Waals surface area contributed by atoms with E-state index in [-0.39, 0.29) is 18.3 Å². The van der Waals surface area contributed by atoms with Gasteiger partial charge in [-0.25, -0.2) is 0 Å². The van der Waals surface area contributed by atoms with Gasteiger partial charge in [0, 0.05) is 23.8 Å². The lowest BCUT2D eigenvalue weighted by Crippen LogP contribution is -2.48. The fraction of sp³-hybridized carbons (Fsp3) is 0.611. The fourth-order valence-corrected chi connectivity index (χ4v) is 3.93. The molecule has 1 aromatic carbocycles. The highest BCUT2D eigenvalue weighted by molar-refractivity contribution is 5.93. The maximum absolute atomic E-state index is 12.4. The third kappa shape index (κ3) is 4.25. The van der Waals surface area contributed by atoms with E-state index in [1.807, 2.05) is 32.0 Å². The van der Waals surface area contributed by atoms with Crippen molar-refractivity contribution >= 4 is 24.0 Å². The van der Waals surface area contributed by atoms with Crippen molar-refractivity contribution < 1.29 is 4.79 Å². The number of benzene rings is 1. The third-order valence-corrected chi connectivity index (χ3v) is 5.21. The van der Waals surface area contributed by atoms with E-state index in [4.69, 9.17) is 0 Å². The quantitative estimate of drug-likeness (QED) is 0.888. The number of likely N-dealkylation sites (N-methyl/N-ethyl adjacent to an activating group) is 1. The van der Waals surface area contributed by atoms with Gasteiger partial charge in [0.25, 0.3) is 0 Å². The lowest BCUT2D eigenvalue weighted by molar-refractivity contribution is -0.117. The molecule has 2 unspecified atom stereocenters. The topological polar surface area (TPSA) is 44.4 Å².